The van der Waals surface area contributed by atoms with Crippen LogP contribution in [0.25, 0.3) is 11.3 Å². The Morgan fingerprint density at radius 2 is 2.21 bits per heavy atom. The summed E-state index contributed by atoms with van der Waals surface area (Å²) in [4.78, 5) is 4.56. The summed E-state index contributed by atoms with van der Waals surface area (Å²) in [5.74, 6) is 0.380. The van der Waals surface area contributed by atoms with Gasteiger partial charge in [0.15, 0.2) is 0 Å². The molecule has 0 bridgehead atoms. The topological polar surface area (TPSA) is 24.9 Å². The van der Waals surface area contributed by atoms with Crippen molar-refractivity contribution < 1.29 is 4.39 Å². The Hall–Kier alpha value is -0.780. The van der Waals surface area contributed by atoms with E-state index in [0.717, 1.165) is 29.4 Å². The standard InChI is InChI=1S/C14H16BrFN2S/c1-9(2)6-17-7-14-18-13(8-19-14)10-3-4-12(16)11(15)5-10/h3-5,8-9,17H,6-7H2,1-2H3. The van der Waals surface area contributed by atoms with Crippen LogP contribution in [0.15, 0.2) is 28.1 Å². The number of hydrogen-bond acceptors (Lipinski definition) is 3. The Bertz CT molecular complexity index is 554. The number of aromatic nitrogens is 1. The van der Waals surface area contributed by atoms with Gasteiger partial charge in [-0.05, 0) is 46.6 Å². The minimum Gasteiger partial charge on any atom is -0.310 e. The molecule has 0 fully saturated rings. The number of hydrogen-bond donors (Lipinski definition) is 1. The van der Waals surface area contributed by atoms with Crippen molar-refractivity contribution in [3.05, 3.63) is 38.9 Å². The van der Waals surface area contributed by atoms with E-state index in [-0.39, 0.29) is 5.82 Å². The van der Waals surface area contributed by atoms with E-state index in [4.69, 9.17) is 0 Å². The first kappa shape index (κ1) is 14.6. The predicted molar refractivity (Wildman–Crippen MR) is 81.8 cm³/mol. The molecule has 2 aromatic rings. The Morgan fingerprint density at radius 1 is 1.42 bits per heavy atom. The number of thiazole rings is 1. The van der Waals surface area contributed by atoms with Crippen molar-refractivity contribution in [3.63, 3.8) is 0 Å². The maximum Gasteiger partial charge on any atom is 0.137 e. The second-order valence-corrected chi connectivity index (χ2v) is 6.58. The lowest BCUT2D eigenvalue weighted by Gasteiger charge is -2.04. The highest BCUT2D eigenvalue weighted by molar-refractivity contribution is 9.10. The maximum absolute atomic E-state index is 13.2. The molecule has 0 aliphatic heterocycles. The van der Waals surface area contributed by atoms with E-state index >= 15 is 0 Å². The van der Waals surface area contributed by atoms with Crippen LogP contribution in [0.1, 0.15) is 18.9 Å². The second-order valence-electron chi connectivity index (χ2n) is 4.78. The lowest BCUT2D eigenvalue weighted by atomic mass is 10.2. The van der Waals surface area contributed by atoms with Crippen molar-refractivity contribution in [3.8, 4) is 11.3 Å². The van der Waals surface area contributed by atoms with Gasteiger partial charge in [-0.2, -0.15) is 0 Å². The summed E-state index contributed by atoms with van der Waals surface area (Å²) in [6, 6.07) is 4.96. The normalized spacial score (nSPS) is 11.2. The molecule has 0 aliphatic carbocycles. The molecular formula is C14H16BrFN2S. The molecule has 0 amide bonds. The maximum atomic E-state index is 13.2. The number of halogens is 2. The van der Waals surface area contributed by atoms with Crippen LogP contribution in [0.5, 0.6) is 0 Å². The van der Waals surface area contributed by atoms with Crippen LogP contribution >= 0.6 is 27.3 Å². The third-order valence-electron chi connectivity index (χ3n) is 2.60. The SMILES string of the molecule is CC(C)CNCc1nc(-c2ccc(F)c(Br)c2)cs1. The van der Waals surface area contributed by atoms with Gasteiger partial charge in [-0.25, -0.2) is 9.37 Å². The van der Waals surface area contributed by atoms with E-state index < -0.39 is 0 Å². The van der Waals surface area contributed by atoms with Gasteiger partial charge in [0.2, 0.25) is 0 Å². The van der Waals surface area contributed by atoms with Crippen molar-refractivity contribution in [2.24, 2.45) is 5.92 Å². The van der Waals surface area contributed by atoms with Crippen molar-refractivity contribution in [1.29, 1.82) is 0 Å². The Labute approximate surface area is 125 Å². The monoisotopic (exact) mass is 342 g/mol. The first-order valence-electron chi connectivity index (χ1n) is 6.17. The lowest BCUT2D eigenvalue weighted by molar-refractivity contribution is 0.551. The van der Waals surface area contributed by atoms with Crippen LogP contribution in [-0.2, 0) is 6.54 Å². The Balaban J connectivity index is 2.05. The van der Waals surface area contributed by atoms with E-state index in [2.05, 4.69) is 40.1 Å². The van der Waals surface area contributed by atoms with Gasteiger partial charge in [0.05, 0.1) is 10.2 Å². The highest BCUT2D eigenvalue weighted by Gasteiger charge is 2.07. The lowest BCUT2D eigenvalue weighted by Crippen LogP contribution is -2.18. The quantitative estimate of drug-likeness (QED) is 0.867. The smallest absolute Gasteiger partial charge is 0.137 e. The molecular weight excluding hydrogens is 327 g/mol. The molecule has 0 saturated carbocycles. The summed E-state index contributed by atoms with van der Waals surface area (Å²) >= 11 is 4.82. The van der Waals surface area contributed by atoms with Crippen LogP contribution in [0.4, 0.5) is 4.39 Å². The largest absolute Gasteiger partial charge is 0.310 e. The van der Waals surface area contributed by atoms with Gasteiger partial charge in [-0.15, -0.1) is 11.3 Å². The van der Waals surface area contributed by atoms with Crippen molar-refractivity contribution in [2.75, 3.05) is 6.54 Å². The highest BCUT2D eigenvalue weighted by Crippen LogP contribution is 2.26. The van der Waals surface area contributed by atoms with Gasteiger partial charge in [0.1, 0.15) is 10.8 Å². The van der Waals surface area contributed by atoms with Crippen LogP contribution < -0.4 is 5.32 Å². The summed E-state index contributed by atoms with van der Waals surface area (Å²) < 4.78 is 13.7. The van der Waals surface area contributed by atoms with Gasteiger partial charge in [0, 0.05) is 17.5 Å². The zero-order chi connectivity index (χ0) is 13.8. The fourth-order valence-electron chi connectivity index (χ4n) is 1.65. The minimum absolute atomic E-state index is 0.252. The zero-order valence-corrected chi connectivity index (χ0v) is 13.3. The van der Waals surface area contributed by atoms with Crippen LogP contribution in [0, 0.1) is 11.7 Å². The Kier molecular flexibility index (Phi) is 5.07. The number of nitrogens with zero attached hydrogens (tertiary/aromatic N) is 1. The fraction of sp³-hybridized carbons (Fsp3) is 0.357. The molecule has 0 atom stereocenters. The summed E-state index contributed by atoms with van der Waals surface area (Å²) in [6.07, 6.45) is 0. The molecule has 2 rings (SSSR count). The fourth-order valence-corrected chi connectivity index (χ4v) is 2.80. The predicted octanol–water partition coefficient (Wildman–Crippen LogP) is 4.46. The van der Waals surface area contributed by atoms with E-state index in [0.29, 0.717) is 10.4 Å². The van der Waals surface area contributed by atoms with Gasteiger partial charge in [0.25, 0.3) is 0 Å². The minimum atomic E-state index is -0.252. The van der Waals surface area contributed by atoms with E-state index in [9.17, 15) is 4.39 Å². The molecule has 19 heavy (non-hydrogen) atoms. The first-order valence-corrected chi connectivity index (χ1v) is 7.84. The van der Waals surface area contributed by atoms with Crippen LogP contribution in [-0.4, -0.2) is 11.5 Å². The van der Waals surface area contributed by atoms with E-state index in [1.165, 1.54) is 6.07 Å². The third kappa shape index (κ3) is 4.09. The summed E-state index contributed by atoms with van der Waals surface area (Å²) in [6.45, 7) is 6.12. The summed E-state index contributed by atoms with van der Waals surface area (Å²) in [7, 11) is 0. The Morgan fingerprint density at radius 3 is 2.89 bits per heavy atom. The van der Waals surface area contributed by atoms with Crippen molar-refractivity contribution in [2.45, 2.75) is 20.4 Å². The number of benzene rings is 1. The molecule has 0 saturated heterocycles. The molecule has 102 valence electrons. The van der Waals surface area contributed by atoms with E-state index in [1.807, 2.05) is 5.38 Å². The number of rotatable bonds is 5. The average Bonchev–Trinajstić information content (AvgIpc) is 2.81. The molecule has 5 heteroatoms. The highest BCUT2D eigenvalue weighted by atomic mass is 79.9. The molecule has 0 spiro atoms. The zero-order valence-electron chi connectivity index (χ0n) is 10.9. The van der Waals surface area contributed by atoms with Crippen molar-refractivity contribution >= 4 is 27.3 Å². The average molecular weight is 343 g/mol. The molecule has 1 N–H and O–H groups in total. The number of nitrogens with one attached hydrogen (secondary N) is 1. The van der Waals surface area contributed by atoms with Crippen LogP contribution in [0.2, 0.25) is 0 Å². The molecule has 0 aliphatic rings. The van der Waals surface area contributed by atoms with Gasteiger partial charge in [-0.3, -0.25) is 0 Å². The summed E-state index contributed by atoms with van der Waals surface area (Å²) in [5.41, 5.74) is 1.83. The third-order valence-corrected chi connectivity index (χ3v) is 4.05. The van der Waals surface area contributed by atoms with Gasteiger partial charge < -0.3 is 5.32 Å². The van der Waals surface area contributed by atoms with Crippen LogP contribution in [0.3, 0.4) is 0 Å². The van der Waals surface area contributed by atoms with Crippen molar-refractivity contribution in [1.82, 2.24) is 10.3 Å². The molecule has 1 aromatic heterocycles. The summed E-state index contributed by atoms with van der Waals surface area (Å²) in [5, 5.41) is 6.42. The van der Waals surface area contributed by atoms with Gasteiger partial charge in [-0.1, -0.05) is 13.8 Å². The van der Waals surface area contributed by atoms with Gasteiger partial charge >= 0.3 is 0 Å². The molecule has 0 radical (unpaired) electrons. The first-order chi connectivity index (χ1) is 9.06. The molecule has 1 heterocycles. The second kappa shape index (κ2) is 6.59. The molecule has 2 nitrogen and oxygen atoms in total. The molecule has 0 unspecified atom stereocenters. The molecule has 1 aromatic carbocycles. The van der Waals surface area contributed by atoms with E-state index in [1.54, 1.807) is 23.5 Å².